The van der Waals surface area contributed by atoms with Gasteiger partial charge in [0.25, 0.3) is 0 Å². The molecule has 5 heteroatoms. The summed E-state index contributed by atoms with van der Waals surface area (Å²) in [5, 5.41) is 8.97. The minimum Gasteiger partial charge on any atom is -0.453 e. The van der Waals surface area contributed by atoms with Crippen LogP contribution in [0.15, 0.2) is 0 Å². The lowest BCUT2D eigenvalue weighted by Crippen LogP contribution is -2.21. The van der Waals surface area contributed by atoms with Crippen molar-refractivity contribution in [3.63, 3.8) is 0 Å². The van der Waals surface area contributed by atoms with Crippen LogP contribution in [-0.4, -0.2) is 29.7 Å². The van der Waals surface area contributed by atoms with Crippen molar-refractivity contribution < 1.29 is 19.4 Å². The van der Waals surface area contributed by atoms with E-state index in [0.717, 1.165) is 0 Å². The van der Waals surface area contributed by atoms with Crippen molar-refractivity contribution in [2.45, 2.75) is 46.6 Å². The molecule has 0 aliphatic carbocycles. The molecule has 0 bridgehead atoms. The molecule has 0 fully saturated rings. The number of amides is 1. The Hall–Kier alpha value is -1.10. The number of aliphatic hydroxyl groups is 1. The summed E-state index contributed by atoms with van der Waals surface area (Å²) in [6.45, 7) is 8.71. The maximum absolute atomic E-state index is 10.3. The van der Waals surface area contributed by atoms with Gasteiger partial charge in [-0.2, -0.15) is 0 Å². The molecule has 0 saturated heterocycles. The first-order chi connectivity index (χ1) is 6.69. The average molecular weight is 221 g/mol. The smallest absolute Gasteiger partial charge is 0.404 e. The van der Waals surface area contributed by atoms with E-state index < -0.39 is 11.7 Å². The topological polar surface area (TPSA) is 89.6 Å². The first-order valence-electron chi connectivity index (χ1n) is 4.74. The molecule has 5 nitrogen and oxygen atoms in total. The van der Waals surface area contributed by atoms with Crippen LogP contribution in [0.4, 0.5) is 4.79 Å². The van der Waals surface area contributed by atoms with E-state index in [9.17, 15) is 9.59 Å². The van der Waals surface area contributed by atoms with Crippen molar-refractivity contribution >= 4 is 11.9 Å². The molecule has 1 amide bonds. The normalized spacial score (nSPS) is 8.73. The van der Waals surface area contributed by atoms with Crippen LogP contribution in [0, 0.1) is 0 Å². The Kier molecular flexibility index (Phi) is 14.2. The molecule has 0 aliphatic heterocycles. The quantitative estimate of drug-likeness (QED) is 0.739. The minimum absolute atomic E-state index is 0.0255. The predicted molar refractivity (Wildman–Crippen MR) is 59.5 cm³/mol. The van der Waals surface area contributed by atoms with Crippen LogP contribution in [0.5, 0.6) is 0 Å². The van der Waals surface area contributed by atoms with Gasteiger partial charge in [-0.25, -0.2) is 4.79 Å². The van der Waals surface area contributed by atoms with Gasteiger partial charge in [0.1, 0.15) is 5.78 Å². The highest BCUT2D eigenvalue weighted by molar-refractivity contribution is 5.76. The number of ether oxygens (including phenoxy) is 1. The Morgan fingerprint density at radius 2 is 1.60 bits per heavy atom. The third-order valence-corrected chi connectivity index (χ3v) is 0.883. The van der Waals surface area contributed by atoms with Gasteiger partial charge in [-0.3, -0.25) is 4.79 Å². The van der Waals surface area contributed by atoms with Gasteiger partial charge >= 0.3 is 6.09 Å². The van der Waals surface area contributed by atoms with Gasteiger partial charge in [0, 0.05) is 6.42 Å². The Morgan fingerprint density at radius 3 is 1.60 bits per heavy atom. The van der Waals surface area contributed by atoms with E-state index in [0.29, 0.717) is 0 Å². The van der Waals surface area contributed by atoms with Gasteiger partial charge in [-0.05, 0) is 20.8 Å². The fraction of sp³-hybridized carbons (Fsp3) is 0.800. The van der Waals surface area contributed by atoms with E-state index in [1.165, 1.54) is 14.0 Å². The summed E-state index contributed by atoms with van der Waals surface area (Å²) in [7, 11) is 1.22. The zero-order valence-electron chi connectivity index (χ0n) is 10.5. The summed E-state index contributed by atoms with van der Waals surface area (Å²) in [5.41, 5.74) is 3.60. The summed E-state index contributed by atoms with van der Waals surface area (Å²) in [4.78, 5) is 19.7. The predicted octanol–water partition coefficient (Wildman–Crippen LogP) is 1.47. The van der Waals surface area contributed by atoms with Gasteiger partial charge in [0.15, 0.2) is 0 Å². The van der Waals surface area contributed by atoms with Crippen LogP contribution in [0.3, 0.4) is 0 Å². The van der Waals surface area contributed by atoms with E-state index in [1.807, 2.05) is 13.8 Å². The Bertz CT molecular complexity index is 173. The van der Waals surface area contributed by atoms with Crippen LogP contribution in [0.2, 0.25) is 0 Å². The van der Waals surface area contributed by atoms with Gasteiger partial charge in [0.2, 0.25) is 0 Å². The summed E-state index contributed by atoms with van der Waals surface area (Å²) in [5.74, 6) is 0.0255. The molecule has 0 rings (SSSR count). The molecule has 0 aromatic rings. The second kappa shape index (κ2) is 11.0. The number of hydrogen-bond acceptors (Lipinski definition) is 4. The SMILES string of the molecule is CC.CC(=O)CC(C)(C)O.COC(N)=O. The van der Waals surface area contributed by atoms with Crippen LogP contribution in [0.25, 0.3) is 0 Å². The molecule has 0 heterocycles. The lowest BCUT2D eigenvalue weighted by molar-refractivity contribution is -0.120. The first kappa shape index (κ1) is 19.5. The summed E-state index contributed by atoms with van der Waals surface area (Å²) >= 11 is 0. The molecule has 0 aromatic carbocycles. The second-order valence-corrected chi connectivity index (χ2v) is 3.21. The molecule has 0 aliphatic rings. The van der Waals surface area contributed by atoms with Gasteiger partial charge < -0.3 is 15.6 Å². The van der Waals surface area contributed by atoms with E-state index in [-0.39, 0.29) is 12.2 Å². The van der Waals surface area contributed by atoms with Gasteiger partial charge in [-0.15, -0.1) is 0 Å². The number of ketones is 1. The number of nitrogens with two attached hydrogens (primary N) is 1. The average Bonchev–Trinajstić information content (AvgIpc) is 2.04. The highest BCUT2D eigenvalue weighted by Crippen LogP contribution is 2.06. The molecule has 0 aromatic heterocycles. The summed E-state index contributed by atoms with van der Waals surface area (Å²) in [6.07, 6.45) is -0.502. The standard InChI is InChI=1S/C6H12O2.C2H5NO2.C2H6/c1-5(7)4-6(2,3)8;1-5-2(3)4;1-2/h8H,4H2,1-3H3;1H3,(H2,3,4);1-2H3. The fourth-order valence-electron chi connectivity index (χ4n) is 0.609. The lowest BCUT2D eigenvalue weighted by atomic mass is 10.0. The number of carbonyl (C=O) groups excluding carboxylic acids is 2. The monoisotopic (exact) mass is 221 g/mol. The third-order valence-electron chi connectivity index (χ3n) is 0.883. The van der Waals surface area contributed by atoms with Crippen LogP contribution < -0.4 is 5.73 Å². The summed E-state index contributed by atoms with van der Waals surface area (Å²) < 4.78 is 3.89. The van der Waals surface area contributed by atoms with Crippen molar-refractivity contribution in [1.82, 2.24) is 0 Å². The Morgan fingerprint density at radius 1 is 1.33 bits per heavy atom. The van der Waals surface area contributed by atoms with Gasteiger partial charge in [0.05, 0.1) is 12.7 Å². The fourth-order valence-corrected chi connectivity index (χ4v) is 0.609. The number of methoxy groups -OCH3 is 1. The molecule has 0 unspecified atom stereocenters. The molecular weight excluding hydrogens is 198 g/mol. The Balaban J connectivity index is -0.000000177. The third kappa shape index (κ3) is 44.0. The highest BCUT2D eigenvalue weighted by Gasteiger charge is 2.13. The maximum atomic E-state index is 10.3. The van der Waals surface area contributed by atoms with Crippen molar-refractivity contribution in [3.05, 3.63) is 0 Å². The zero-order chi connectivity index (χ0) is 13.1. The Labute approximate surface area is 91.6 Å². The number of primary amides is 1. The largest absolute Gasteiger partial charge is 0.453 e. The van der Waals surface area contributed by atoms with Crippen molar-refractivity contribution in [1.29, 1.82) is 0 Å². The van der Waals surface area contributed by atoms with E-state index >= 15 is 0 Å². The van der Waals surface area contributed by atoms with Gasteiger partial charge in [-0.1, -0.05) is 13.8 Å². The number of rotatable bonds is 2. The van der Waals surface area contributed by atoms with Crippen molar-refractivity contribution in [2.75, 3.05) is 7.11 Å². The zero-order valence-corrected chi connectivity index (χ0v) is 10.5. The van der Waals surface area contributed by atoms with E-state index in [1.54, 1.807) is 13.8 Å². The highest BCUT2D eigenvalue weighted by atomic mass is 16.5. The van der Waals surface area contributed by atoms with Crippen LogP contribution in [-0.2, 0) is 9.53 Å². The molecule has 0 spiro atoms. The molecule has 3 N–H and O–H groups in total. The molecular formula is C10H23NO4. The molecule has 0 atom stereocenters. The molecule has 0 saturated carbocycles. The maximum Gasteiger partial charge on any atom is 0.404 e. The van der Waals surface area contributed by atoms with E-state index in [2.05, 4.69) is 10.5 Å². The van der Waals surface area contributed by atoms with Crippen LogP contribution in [0.1, 0.15) is 41.0 Å². The minimum atomic E-state index is -0.828. The molecule has 92 valence electrons. The summed E-state index contributed by atoms with van der Waals surface area (Å²) in [6, 6.07) is 0. The molecule has 15 heavy (non-hydrogen) atoms. The van der Waals surface area contributed by atoms with Crippen molar-refractivity contribution in [3.8, 4) is 0 Å². The first-order valence-corrected chi connectivity index (χ1v) is 4.74. The van der Waals surface area contributed by atoms with Crippen LogP contribution >= 0.6 is 0 Å². The number of Topliss-reactive ketones (excluding diaryl/α,β-unsaturated/α-hetero) is 1. The lowest BCUT2D eigenvalue weighted by Gasteiger charge is -2.13. The second-order valence-electron chi connectivity index (χ2n) is 3.21. The number of carbonyl (C=O) groups is 2. The molecule has 0 radical (unpaired) electrons. The van der Waals surface area contributed by atoms with Crippen molar-refractivity contribution in [2.24, 2.45) is 5.73 Å². The van der Waals surface area contributed by atoms with E-state index in [4.69, 9.17) is 5.11 Å². The number of hydrogen-bond donors (Lipinski definition) is 2.